The van der Waals surface area contributed by atoms with Crippen molar-refractivity contribution >= 4 is 17.5 Å². The zero-order chi connectivity index (χ0) is 13.0. The Morgan fingerprint density at radius 2 is 2.33 bits per heavy atom. The Kier molecular flexibility index (Phi) is 4.75. The summed E-state index contributed by atoms with van der Waals surface area (Å²) in [6.45, 7) is 2.27. The molecule has 0 saturated heterocycles. The van der Waals surface area contributed by atoms with E-state index in [0.717, 1.165) is 17.3 Å². The number of nitrogens with zero attached hydrogens (tertiary/aromatic N) is 2. The van der Waals surface area contributed by atoms with Gasteiger partial charge in [0.25, 0.3) is 0 Å². The highest BCUT2D eigenvalue weighted by Crippen LogP contribution is 2.33. The molecule has 1 saturated carbocycles. The highest BCUT2D eigenvalue weighted by molar-refractivity contribution is 7.98. The van der Waals surface area contributed by atoms with Crippen LogP contribution in [-0.2, 0) is 11.2 Å². The molecule has 0 bridgehead atoms. The van der Waals surface area contributed by atoms with Crippen LogP contribution < -0.4 is 0 Å². The van der Waals surface area contributed by atoms with E-state index >= 15 is 0 Å². The van der Waals surface area contributed by atoms with Crippen LogP contribution in [0.25, 0.3) is 0 Å². The van der Waals surface area contributed by atoms with Gasteiger partial charge >= 0.3 is 0 Å². The number of rotatable bonds is 5. The monoisotopic (exact) mass is 264 g/mol. The summed E-state index contributed by atoms with van der Waals surface area (Å²) in [5.74, 6) is 1.62. The molecule has 1 aliphatic carbocycles. The van der Waals surface area contributed by atoms with Gasteiger partial charge in [-0.1, -0.05) is 31.5 Å². The molecule has 1 heterocycles. The maximum Gasteiger partial charge on any atom is 0.187 e. The third-order valence-electron chi connectivity index (χ3n) is 3.78. The molecule has 1 unspecified atom stereocenters. The minimum atomic E-state index is 0.319. The van der Waals surface area contributed by atoms with Crippen LogP contribution >= 0.6 is 11.8 Å². The van der Waals surface area contributed by atoms with E-state index in [0.29, 0.717) is 24.0 Å². The molecule has 18 heavy (non-hydrogen) atoms. The fourth-order valence-corrected chi connectivity index (χ4v) is 3.04. The van der Waals surface area contributed by atoms with Gasteiger partial charge in [0.15, 0.2) is 5.16 Å². The zero-order valence-corrected chi connectivity index (χ0v) is 11.9. The lowest BCUT2D eigenvalue weighted by atomic mass is 9.91. The van der Waals surface area contributed by atoms with Crippen LogP contribution in [0, 0.1) is 11.8 Å². The van der Waals surface area contributed by atoms with Crippen molar-refractivity contribution in [2.45, 2.75) is 44.2 Å². The molecule has 1 aromatic rings. The molecule has 2 atom stereocenters. The largest absolute Gasteiger partial charge is 0.299 e. The first-order valence-electron chi connectivity index (χ1n) is 6.56. The number of aromatic nitrogens is 2. The van der Waals surface area contributed by atoms with E-state index in [1.165, 1.54) is 31.0 Å². The summed E-state index contributed by atoms with van der Waals surface area (Å²) in [5.41, 5.74) is 0.852. The third kappa shape index (κ3) is 3.55. The van der Waals surface area contributed by atoms with E-state index in [1.54, 1.807) is 6.20 Å². The number of carbonyl (C=O) groups excluding carboxylic acids is 1. The number of hydrogen-bond donors (Lipinski definition) is 0. The van der Waals surface area contributed by atoms with E-state index < -0.39 is 0 Å². The summed E-state index contributed by atoms with van der Waals surface area (Å²) in [7, 11) is 0. The molecule has 1 aliphatic rings. The molecule has 3 nitrogen and oxygen atoms in total. The topological polar surface area (TPSA) is 42.9 Å². The first-order valence-corrected chi connectivity index (χ1v) is 7.79. The maximum atomic E-state index is 12.0. The SMILES string of the molecule is CSc1nccc(CC(=O)CC2CCC[C@@H]2C)n1. The average molecular weight is 264 g/mol. The van der Waals surface area contributed by atoms with Gasteiger partial charge in [-0.25, -0.2) is 9.97 Å². The van der Waals surface area contributed by atoms with Gasteiger partial charge in [-0.2, -0.15) is 0 Å². The van der Waals surface area contributed by atoms with Gasteiger partial charge in [-0.3, -0.25) is 4.79 Å². The van der Waals surface area contributed by atoms with Crippen molar-refractivity contribution in [3.8, 4) is 0 Å². The van der Waals surface area contributed by atoms with Gasteiger partial charge in [0.1, 0.15) is 5.78 Å². The molecule has 0 radical (unpaired) electrons. The van der Waals surface area contributed by atoms with Gasteiger partial charge in [0, 0.05) is 19.0 Å². The highest BCUT2D eigenvalue weighted by Gasteiger charge is 2.25. The smallest absolute Gasteiger partial charge is 0.187 e. The Labute approximate surface area is 113 Å². The standard InChI is InChI=1S/C14H20N2OS/c1-10-4-3-5-11(10)8-13(17)9-12-6-7-15-14(16-12)18-2/h6-7,10-11H,3-5,8-9H2,1-2H3/t10-,11?/m0/s1. The minimum Gasteiger partial charge on any atom is -0.299 e. The van der Waals surface area contributed by atoms with Gasteiger partial charge in [0.2, 0.25) is 0 Å². The second kappa shape index (κ2) is 6.32. The van der Waals surface area contributed by atoms with Crippen LogP contribution in [0.4, 0.5) is 0 Å². The van der Waals surface area contributed by atoms with Gasteiger partial charge in [-0.15, -0.1) is 0 Å². The Morgan fingerprint density at radius 3 is 3.00 bits per heavy atom. The number of ketones is 1. The van der Waals surface area contributed by atoms with Crippen LogP contribution in [0.5, 0.6) is 0 Å². The Morgan fingerprint density at radius 1 is 1.50 bits per heavy atom. The summed E-state index contributed by atoms with van der Waals surface area (Å²) < 4.78 is 0. The Hall–Kier alpha value is -0.900. The van der Waals surface area contributed by atoms with Crippen LogP contribution in [0.1, 0.15) is 38.3 Å². The third-order valence-corrected chi connectivity index (χ3v) is 4.34. The zero-order valence-electron chi connectivity index (χ0n) is 11.1. The summed E-state index contributed by atoms with van der Waals surface area (Å²) >= 11 is 1.51. The predicted octanol–water partition coefficient (Wildman–Crippen LogP) is 3.14. The fraction of sp³-hybridized carbons (Fsp3) is 0.643. The Bertz CT molecular complexity index is 422. The lowest BCUT2D eigenvalue weighted by Gasteiger charge is -2.13. The normalized spacial score (nSPS) is 23.2. The minimum absolute atomic E-state index is 0.319. The van der Waals surface area contributed by atoms with Crippen LogP contribution in [0.3, 0.4) is 0 Å². The summed E-state index contributed by atoms with van der Waals surface area (Å²) in [5, 5.41) is 0.745. The maximum absolute atomic E-state index is 12.0. The molecular formula is C14H20N2OS. The molecule has 0 spiro atoms. The second-order valence-corrected chi connectivity index (χ2v) is 5.90. The predicted molar refractivity (Wildman–Crippen MR) is 73.6 cm³/mol. The summed E-state index contributed by atoms with van der Waals surface area (Å²) in [4.78, 5) is 20.5. The molecule has 0 amide bonds. The molecule has 0 N–H and O–H groups in total. The highest BCUT2D eigenvalue weighted by atomic mass is 32.2. The first kappa shape index (κ1) is 13.5. The van der Waals surface area contributed by atoms with Crippen molar-refractivity contribution in [2.75, 3.05) is 6.26 Å². The number of Topliss-reactive ketones (excluding diaryl/α,β-unsaturated/α-hetero) is 1. The molecule has 2 rings (SSSR count). The van der Waals surface area contributed by atoms with Gasteiger partial charge in [-0.05, 0) is 30.6 Å². The van der Waals surface area contributed by atoms with Crippen molar-refractivity contribution in [3.63, 3.8) is 0 Å². The van der Waals surface area contributed by atoms with Crippen molar-refractivity contribution in [1.82, 2.24) is 9.97 Å². The number of thioether (sulfide) groups is 1. The number of hydrogen-bond acceptors (Lipinski definition) is 4. The Balaban J connectivity index is 1.90. The average Bonchev–Trinajstić information content (AvgIpc) is 2.75. The van der Waals surface area contributed by atoms with Crippen molar-refractivity contribution in [3.05, 3.63) is 18.0 Å². The molecule has 1 aromatic heterocycles. The second-order valence-electron chi connectivity index (χ2n) is 5.12. The lowest BCUT2D eigenvalue weighted by molar-refractivity contribution is -0.119. The number of carbonyl (C=O) groups is 1. The van der Waals surface area contributed by atoms with Crippen molar-refractivity contribution in [2.24, 2.45) is 11.8 Å². The van der Waals surface area contributed by atoms with Crippen molar-refractivity contribution < 1.29 is 4.79 Å². The van der Waals surface area contributed by atoms with E-state index in [9.17, 15) is 4.79 Å². The van der Waals surface area contributed by atoms with Crippen LogP contribution in [0.2, 0.25) is 0 Å². The molecular weight excluding hydrogens is 244 g/mol. The quantitative estimate of drug-likeness (QED) is 0.605. The van der Waals surface area contributed by atoms with Gasteiger partial charge in [0.05, 0.1) is 5.69 Å². The molecule has 1 fully saturated rings. The van der Waals surface area contributed by atoms with Gasteiger partial charge < -0.3 is 0 Å². The van der Waals surface area contributed by atoms with E-state index in [4.69, 9.17) is 0 Å². The summed E-state index contributed by atoms with van der Waals surface area (Å²) in [6.07, 6.45) is 8.64. The van der Waals surface area contributed by atoms with Crippen LogP contribution in [-0.4, -0.2) is 22.0 Å². The van der Waals surface area contributed by atoms with E-state index in [2.05, 4.69) is 16.9 Å². The summed E-state index contributed by atoms with van der Waals surface area (Å²) in [6, 6.07) is 1.84. The van der Waals surface area contributed by atoms with Crippen LogP contribution in [0.15, 0.2) is 17.4 Å². The first-order chi connectivity index (χ1) is 8.69. The lowest BCUT2D eigenvalue weighted by Crippen LogP contribution is -2.13. The van der Waals surface area contributed by atoms with E-state index in [-0.39, 0.29) is 0 Å². The van der Waals surface area contributed by atoms with Crippen molar-refractivity contribution in [1.29, 1.82) is 0 Å². The molecule has 0 aromatic carbocycles. The molecule has 4 heteroatoms. The molecule has 98 valence electrons. The van der Waals surface area contributed by atoms with E-state index in [1.807, 2.05) is 12.3 Å². The fourth-order valence-electron chi connectivity index (χ4n) is 2.66. The molecule has 0 aliphatic heterocycles.